The minimum atomic E-state index is -0.141. The molecule has 3 nitrogen and oxygen atoms in total. The van der Waals surface area contributed by atoms with E-state index in [1.165, 1.54) is 16.3 Å². The van der Waals surface area contributed by atoms with Gasteiger partial charge in [-0.3, -0.25) is 4.79 Å². The first-order valence-corrected chi connectivity index (χ1v) is 3.48. The molecule has 1 rings (SSSR count). The zero-order valence-electron chi connectivity index (χ0n) is 5.99. The van der Waals surface area contributed by atoms with Crippen LogP contribution in [0.25, 0.3) is 6.08 Å². The van der Waals surface area contributed by atoms with Gasteiger partial charge in [0.25, 0.3) is 5.56 Å². The third-order valence-electron chi connectivity index (χ3n) is 1.24. The Labute approximate surface area is 68.9 Å². The molecule has 0 spiro atoms. The summed E-state index contributed by atoms with van der Waals surface area (Å²) in [5, 5.41) is 3.79. The Morgan fingerprint density at radius 2 is 2.45 bits per heavy atom. The Morgan fingerprint density at radius 1 is 1.73 bits per heavy atom. The molecule has 0 radical (unpaired) electrons. The number of halogens is 1. The average Bonchev–Trinajstić information content (AvgIpc) is 1.98. The fourth-order valence-corrected chi connectivity index (χ4v) is 0.793. The molecule has 1 heterocycles. The molecule has 0 fully saturated rings. The standard InChI is InChI=1S/C7H7ClN2O/c1-10-7(11)4-6(2-3-8)5-9-10/h2-5H,1H3/b3-2-. The highest BCUT2D eigenvalue weighted by Gasteiger charge is 1.90. The van der Waals surface area contributed by atoms with E-state index >= 15 is 0 Å². The zero-order valence-corrected chi connectivity index (χ0v) is 6.75. The van der Waals surface area contributed by atoms with Crippen molar-refractivity contribution in [2.75, 3.05) is 0 Å². The lowest BCUT2D eigenvalue weighted by molar-refractivity contribution is 0.706. The smallest absolute Gasteiger partial charge is 0.267 e. The largest absolute Gasteiger partial charge is 0.268 e. The molecule has 58 valence electrons. The summed E-state index contributed by atoms with van der Waals surface area (Å²) >= 11 is 5.31. The second-order valence-electron chi connectivity index (χ2n) is 2.04. The van der Waals surface area contributed by atoms with Gasteiger partial charge in [0.2, 0.25) is 0 Å². The second kappa shape index (κ2) is 3.34. The molecule has 0 bridgehead atoms. The first-order valence-electron chi connectivity index (χ1n) is 3.04. The van der Waals surface area contributed by atoms with Crippen LogP contribution in [0.2, 0.25) is 0 Å². The molecule has 1 aromatic rings. The predicted octanol–water partition coefficient (Wildman–Crippen LogP) is 0.990. The summed E-state index contributed by atoms with van der Waals surface area (Å²) in [5.41, 5.74) is 1.91. The predicted molar refractivity (Wildman–Crippen MR) is 44.4 cm³/mol. The summed E-state index contributed by atoms with van der Waals surface area (Å²) in [7, 11) is 1.59. The van der Waals surface area contributed by atoms with Gasteiger partial charge in [0, 0.05) is 24.2 Å². The van der Waals surface area contributed by atoms with Crippen LogP contribution < -0.4 is 5.56 Å². The van der Waals surface area contributed by atoms with Gasteiger partial charge >= 0.3 is 0 Å². The summed E-state index contributed by atoms with van der Waals surface area (Å²) < 4.78 is 1.26. The van der Waals surface area contributed by atoms with Crippen LogP contribution >= 0.6 is 11.6 Å². The number of hydrogen-bond donors (Lipinski definition) is 0. The molecule has 0 saturated heterocycles. The number of hydrogen-bond acceptors (Lipinski definition) is 2. The first kappa shape index (κ1) is 8.01. The van der Waals surface area contributed by atoms with Crippen molar-refractivity contribution >= 4 is 17.7 Å². The Kier molecular flexibility index (Phi) is 2.44. The van der Waals surface area contributed by atoms with E-state index in [0.29, 0.717) is 5.56 Å². The number of aryl methyl sites for hydroxylation is 1. The van der Waals surface area contributed by atoms with Gasteiger partial charge in [0.05, 0.1) is 6.20 Å². The minimum absolute atomic E-state index is 0.141. The van der Waals surface area contributed by atoms with Gasteiger partial charge in [-0.15, -0.1) is 0 Å². The van der Waals surface area contributed by atoms with E-state index < -0.39 is 0 Å². The van der Waals surface area contributed by atoms with Gasteiger partial charge in [-0.2, -0.15) is 5.10 Å². The van der Waals surface area contributed by atoms with Gasteiger partial charge in [-0.1, -0.05) is 11.6 Å². The van der Waals surface area contributed by atoms with Gasteiger partial charge < -0.3 is 0 Å². The first-order chi connectivity index (χ1) is 5.24. The van der Waals surface area contributed by atoms with E-state index in [2.05, 4.69) is 5.10 Å². The van der Waals surface area contributed by atoms with E-state index in [-0.39, 0.29) is 5.56 Å². The Bertz CT molecular complexity index is 329. The van der Waals surface area contributed by atoms with Crippen LogP contribution in [0.15, 0.2) is 22.6 Å². The summed E-state index contributed by atoms with van der Waals surface area (Å²) in [6.45, 7) is 0. The molecule has 4 heteroatoms. The van der Waals surface area contributed by atoms with Crippen molar-refractivity contribution in [1.82, 2.24) is 9.78 Å². The Morgan fingerprint density at radius 3 is 3.00 bits per heavy atom. The third-order valence-corrected chi connectivity index (χ3v) is 1.37. The molecule has 0 amide bonds. The van der Waals surface area contributed by atoms with Gasteiger partial charge in [-0.05, 0) is 6.08 Å². The lowest BCUT2D eigenvalue weighted by Crippen LogP contribution is -2.17. The normalized spacial score (nSPS) is 10.7. The van der Waals surface area contributed by atoms with Crippen molar-refractivity contribution in [2.45, 2.75) is 0 Å². The van der Waals surface area contributed by atoms with Gasteiger partial charge in [-0.25, -0.2) is 4.68 Å². The molecular formula is C7H7ClN2O. The molecule has 0 N–H and O–H groups in total. The van der Waals surface area contributed by atoms with E-state index in [0.717, 1.165) is 0 Å². The highest BCUT2D eigenvalue weighted by Crippen LogP contribution is 1.95. The highest BCUT2D eigenvalue weighted by atomic mass is 35.5. The van der Waals surface area contributed by atoms with Crippen LogP contribution in [0.4, 0.5) is 0 Å². The minimum Gasteiger partial charge on any atom is -0.268 e. The molecule has 0 atom stereocenters. The Hall–Kier alpha value is -1.09. The monoisotopic (exact) mass is 170 g/mol. The van der Waals surface area contributed by atoms with Gasteiger partial charge in [0.1, 0.15) is 0 Å². The lowest BCUT2D eigenvalue weighted by atomic mass is 10.3. The van der Waals surface area contributed by atoms with Crippen LogP contribution in [0, 0.1) is 0 Å². The van der Waals surface area contributed by atoms with Crippen molar-refractivity contribution in [3.05, 3.63) is 33.7 Å². The quantitative estimate of drug-likeness (QED) is 0.630. The molecule has 0 aliphatic carbocycles. The van der Waals surface area contributed by atoms with Crippen LogP contribution in [0.3, 0.4) is 0 Å². The summed E-state index contributed by atoms with van der Waals surface area (Å²) in [6.07, 6.45) is 3.18. The molecule has 0 aliphatic rings. The van der Waals surface area contributed by atoms with Crippen LogP contribution in [0.5, 0.6) is 0 Å². The molecule has 11 heavy (non-hydrogen) atoms. The van der Waals surface area contributed by atoms with Crippen molar-refractivity contribution in [3.8, 4) is 0 Å². The van der Waals surface area contributed by atoms with Crippen molar-refractivity contribution in [2.24, 2.45) is 7.05 Å². The number of aromatic nitrogens is 2. The molecule has 0 aromatic carbocycles. The lowest BCUT2D eigenvalue weighted by Gasteiger charge is -1.94. The van der Waals surface area contributed by atoms with Crippen LogP contribution in [-0.4, -0.2) is 9.78 Å². The van der Waals surface area contributed by atoms with E-state index in [9.17, 15) is 4.79 Å². The molecule has 1 aromatic heterocycles. The number of rotatable bonds is 1. The summed E-state index contributed by atoms with van der Waals surface area (Å²) in [5.74, 6) is 0. The molecule has 0 unspecified atom stereocenters. The third kappa shape index (κ3) is 1.91. The molecular weight excluding hydrogens is 164 g/mol. The highest BCUT2D eigenvalue weighted by molar-refractivity contribution is 6.27. The maximum atomic E-state index is 10.9. The average molecular weight is 171 g/mol. The van der Waals surface area contributed by atoms with E-state index in [1.54, 1.807) is 19.3 Å². The second-order valence-corrected chi connectivity index (χ2v) is 2.30. The molecule has 0 saturated carbocycles. The zero-order chi connectivity index (χ0) is 8.27. The molecule has 0 aliphatic heterocycles. The van der Waals surface area contributed by atoms with Crippen LogP contribution in [-0.2, 0) is 7.05 Å². The van der Waals surface area contributed by atoms with Gasteiger partial charge in [0.15, 0.2) is 0 Å². The maximum Gasteiger partial charge on any atom is 0.267 e. The van der Waals surface area contributed by atoms with E-state index in [4.69, 9.17) is 11.6 Å². The van der Waals surface area contributed by atoms with Crippen LogP contribution in [0.1, 0.15) is 5.56 Å². The fourth-order valence-electron chi connectivity index (χ4n) is 0.647. The number of nitrogens with zero attached hydrogens (tertiary/aromatic N) is 2. The summed E-state index contributed by atoms with van der Waals surface area (Å²) in [6, 6.07) is 1.46. The SMILES string of the molecule is Cn1ncc(/C=C\Cl)cc1=O. The van der Waals surface area contributed by atoms with E-state index in [1.807, 2.05) is 0 Å². The van der Waals surface area contributed by atoms with Crippen molar-refractivity contribution < 1.29 is 0 Å². The summed E-state index contributed by atoms with van der Waals surface area (Å²) in [4.78, 5) is 10.9. The topological polar surface area (TPSA) is 34.9 Å². The fraction of sp³-hybridized carbons (Fsp3) is 0.143. The van der Waals surface area contributed by atoms with Crippen molar-refractivity contribution in [1.29, 1.82) is 0 Å². The Balaban J connectivity index is 3.15. The van der Waals surface area contributed by atoms with Crippen molar-refractivity contribution in [3.63, 3.8) is 0 Å². The maximum absolute atomic E-state index is 10.9.